The Bertz CT molecular complexity index is 1160. The normalized spacial score (nSPS) is 10.8. The second kappa shape index (κ2) is 7.80. The molecule has 1 aromatic heterocycles. The lowest BCUT2D eigenvalue weighted by Gasteiger charge is -2.09. The lowest BCUT2D eigenvalue weighted by atomic mass is 10.1. The summed E-state index contributed by atoms with van der Waals surface area (Å²) in [6.07, 6.45) is 0. The number of benzene rings is 3. The van der Waals surface area contributed by atoms with Gasteiger partial charge in [-0.15, -0.1) is 11.3 Å². The maximum Gasteiger partial charge on any atom is 0.255 e. The third kappa shape index (κ3) is 3.69. The van der Waals surface area contributed by atoms with E-state index in [0.717, 1.165) is 20.8 Å². The zero-order valence-electron chi connectivity index (χ0n) is 14.7. The van der Waals surface area contributed by atoms with Crippen LogP contribution in [0.2, 0.25) is 10.0 Å². The number of hydrogen-bond donors (Lipinski definition) is 1. The van der Waals surface area contributed by atoms with Gasteiger partial charge in [0.05, 0.1) is 27.4 Å². The number of carbonyl (C=O) groups is 1. The van der Waals surface area contributed by atoms with E-state index in [9.17, 15) is 4.79 Å². The van der Waals surface area contributed by atoms with Crippen molar-refractivity contribution in [1.82, 2.24) is 4.98 Å². The van der Waals surface area contributed by atoms with Crippen LogP contribution in [0.4, 0.5) is 5.69 Å². The van der Waals surface area contributed by atoms with Gasteiger partial charge in [-0.05, 0) is 48.5 Å². The van der Waals surface area contributed by atoms with Gasteiger partial charge < -0.3 is 10.1 Å². The van der Waals surface area contributed by atoms with Gasteiger partial charge in [-0.25, -0.2) is 4.98 Å². The van der Waals surface area contributed by atoms with Gasteiger partial charge in [0.2, 0.25) is 0 Å². The van der Waals surface area contributed by atoms with Crippen molar-refractivity contribution >= 4 is 56.3 Å². The molecule has 0 unspecified atom stereocenters. The van der Waals surface area contributed by atoms with Crippen LogP contribution in [0.15, 0.2) is 60.7 Å². The van der Waals surface area contributed by atoms with Crippen LogP contribution >= 0.6 is 34.5 Å². The second-order valence-electron chi connectivity index (χ2n) is 5.98. The van der Waals surface area contributed by atoms with E-state index in [4.69, 9.17) is 27.9 Å². The molecule has 0 aliphatic heterocycles. The topological polar surface area (TPSA) is 51.2 Å². The van der Waals surface area contributed by atoms with E-state index in [-0.39, 0.29) is 5.91 Å². The van der Waals surface area contributed by atoms with Crippen LogP contribution in [0, 0.1) is 0 Å². The van der Waals surface area contributed by atoms with Gasteiger partial charge in [0, 0.05) is 16.8 Å². The Kier molecular flexibility index (Phi) is 5.22. The quantitative estimate of drug-likeness (QED) is 0.401. The standard InChI is InChI=1S/C21H14Cl2N2O2S/c1-27-18-9-6-12(10-16(18)23)20(26)24-13-7-8-14(15(22)11-13)21-25-17-4-2-3-5-19(17)28-21/h2-11H,1H3,(H,24,26). The molecule has 1 amide bonds. The van der Waals surface area contributed by atoms with E-state index >= 15 is 0 Å². The molecular formula is C21H14Cl2N2O2S. The molecule has 7 heteroatoms. The van der Waals surface area contributed by atoms with E-state index in [1.807, 2.05) is 30.3 Å². The van der Waals surface area contributed by atoms with Crippen LogP contribution < -0.4 is 10.1 Å². The monoisotopic (exact) mass is 428 g/mol. The maximum absolute atomic E-state index is 12.5. The van der Waals surface area contributed by atoms with Gasteiger partial charge in [-0.3, -0.25) is 4.79 Å². The number of fused-ring (bicyclic) bond motifs is 1. The van der Waals surface area contributed by atoms with E-state index in [1.165, 1.54) is 7.11 Å². The van der Waals surface area contributed by atoms with Crippen molar-refractivity contribution in [2.75, 3.05) is 12.4 Å². The average Bonchev–Trinajstić information content (AvgIpc) is 3.11. The van der Waals surface area contributed by atoms with Crippen molar-refractivity contribution in [2.24, 2.45) is 0 Å². The van der Waals surface area contributed by atoms with E-state index in [2.05, 4.69) is 10.3 Å². The zero-order valence-corrected chi connectivity index (χ0v) is 17.0. The molecule has 0 radical (unpaired) electrons. The molecule has 0 fully saturated rings. The highest BCUT2D eigenvalue weighted by Gasteiger charge is 2.13. The van der Waals surface area contributed by atoms with Gasteiger partial charge in [0.1, 0.15) is 10.8 Å². The molecule has 4 nitrogen and oxygen atoms in total. The molecule has 0 saturated carbocycles. The van der Waals surface area contributed by atoms with Gasteiger partial charge in [0.15, 0.2) is 0 Å². The number of methoxy groups -OCH3 is 1. The van der Waals surface area contributed by atoms with Gasteiger partial charge in [-0.2, -0.15) is 0 Å². The minimum atomic E-state index is -0.284. The first-order chi connectivity index (χ1) is 13.5. The van der Waals surface area contributed by atoms with E-state index in [1.54, 1.807) is 41.7 Å². The second-order valence-corrected chi connectivity index (χ2v) is 7.83. The molecule has 3 aromatic carbocycles. The largest absolute Gasteiger partial charge is 0.495 e. The number of rotatable bonds is 4. The first kappa shape index (κ1) is 18.7. The summed E-state index contributed by atoms with van der Waals surface area (Å²) in [6, 6.07) is 18.2. The summed E-state index contributed by atoms with van der Waals surface area (Å²) in [5.41, 5.74) is 2.78. The molecule has 0 aliphatic carbocycles. The molecule has 1 heterocycles. The van der Waals surface area contributed by atoms with Crippen molar-refractivity contribution in [3.05, 3.63) is 76.3 Å². The lowest BCUT2D eigenvalue weighted by Crippen LogP contribution is -2.11. The highest BCUT2D eigenvalue weighted by Crippen LogP contribution is 2.35. The molecule has 28 heavy (non-hydrogen) atoms. The van der Waals surface area contributed by atoms with Crippen molar-refractivity contribution < 1.29 is 9.53 Å². The summed E-state index contributed by atoms with van der Waals surface area (Å²) in [4.78, 5) is 17.1. The van der Waals surface area contributed by atoms with Crippen LogP contribution in [0.5, 0.6) is 5.75 Å². The van der Waals surface area contributed by atoms with Gasteiger partial charge in [-0.1, -0.05) is 35.3 Å². The van der Waals surface area contributed by atoms with Crippen molar-refractivity contribution in [2.45, 2.75) is 0 Å². The molecule has 1 N–H and O–H groups in total. The Balaban J connectivity index is 1.57. The third-order valence-electron chi connectivity index (χ3n) is 4.17. The average molecular weight is 429 g/mol. The Morgan fingerprint density at radius 2 is 1.86 bits per heavy atom. The summed E-state index contributed by atoms with van der Waals surface area (Å²) < 4.78 is 6.20. The molecule has 0 saturated heterocycles. The molecular weight excluding hydrogens is 415 g/mol. The molecule has 4 aromatic rings. The predicted octanol–water partition coefficient (Wildman–Crippen LogP) is 6.53. The van der Waals surface area contributed by atoms with Crippen LogP contribution in [0.25, 0.3) is 20.8 Å². The van der Waals surface area contributed by atoms with Crippen LogP contribution in [0.3, 0.4) is 0 Å². The van der Waals surface area contributed by atoms with Gasteiger partial charge in [0.25, 0.3) is 5.91 Å². The number of anilines is 1. The fourth-order valence-electron chi connectivity index (χ4n) is 2.76. The molecule has 0 spiro atoms. The maximum atomic E-state index is 12.5. The van der Waals surface area contributed by atoms with Crippen LogP contribution in [0.1, 0.15) is 10.4 Å². The van der Waals surface area contributed by atoms with Crippen molar-refractivity contribution in [3.63, 3.8) is 0 Å². The van der Waals surface area contributed by atoms with E-state index < -0.39 is 0 Å². The molecule has 4 rings (SSSR count). The first-order valence-corrected chi connectivity index (χ1v) is 9.93. The SMILES string of the molecule is COc1ccc(C(=O)Nc2ccc(-c3nc4ccccc4s3)c(Cl)c2)cc1Cl. The number of thiazole rings is 1. The molecule has 140 valence electrons. The zero-order chi connectivity index (χ0) is 19.7. The number of nitrogens with zero attached hydrogens (tertiary/aromatic N) is 1. The highest BCUT2D eigenvalue weighted by molar-refractivity contribution is 7.21. The lowest BCUT2D eigenvalue weighted by molar-refractivity contribution is 0.102. The number of halogens is 2. The summed E-state index contributed by atoms with van der Waals surface area (Å²) in [5, 5.41) is 4.56. The van der Waals surface area contributed by atoms with Crippen LogP contribution in [-0.4, -0.2) is 18.0 Å². The predicted molar refractivity (Wildman–Crippen MR) is 116 cm³/mol. The third-order valence-corrected chi connectivity index (χ3v) is 5.84. The van der Waals surface area contributed by atoms with Crippen molar-refractivity contribution in [3.8, 4) is 16.3 Å². The van der Waals surface area contributed by atoms with Crippen LogP contribution in [-0.2, 0) is 0 Å². The Hall–Kier alpha value is -2.60. The highest BCUT2D eigenvalue weighted by atomic mass is 35.5. The van der Waals surface area contributed by atoms with Gasteiger partial charge >= 0.3 is 0 Å². The number of amides is 1. The Morgan fingerprint density at radius 3 is 2.57 bits per heavy atom. The molecule has 0 aliphatic rings. The molecule has 0 atom stereocenters. The fraction of sp³-hybridized carbons (Fsp3) is 0.0476. The number of nitrogens with one attached hydrogen (secondary N) is 1. The minimum absolute atomic E-state index is 0.284. The van der Waals surface area contributed by atoms with E-state index in [0.29, 0.717) is 27.0 Å². The summed E-state index contributed by atoms with van der Waals surface area (Å²) in [6.45, 7) is 0. The number of hydrogen-bond acceptors (Lipinski definition) is 4. The summed E-state index contributed by atoms with van der Waals surface area (Å²) >= 11 is 14.1. The minimum Gasteiger partial charge on any atom is -0.495 e. The Morgan fingerprint density at radius 1 is 1.04 bits per heavy atom. The number of aromatic nitrogens is 1. The number of para-hydroxylation sites is 1. The van der Waals surface area contributed by atoms with Crippen molar-refractivity contribution in [1.29, 1.82) is 0 Å². The Labute approximate surface area is 175 Å². The smallest absolute Gasteiger partial charge is 0.255 e. The number of carbonyl (C=O) groups excluding carboxylic acids is 1. The number of ether oxygens (including phenoxy) is 1. The fourth-order valence-corrected chi connectivity index (χ4v) is 4.35. The first-order valence-electron chi connectivity index (χ1n) is 8.35. The summed E-state index contributed by atoms with van der Waals surface area (Å²) in [5.74, 6) is 0.231. The molecule has 0 bridgehead atoms. The summed E-state index contributed by atoms with van der Waals surface area (Å²) in [7, 11) is 1.52.